The van der Waals surface area contributed by atoms with E-state index >= 15 is 0 Å². The summed E-state index contributed by atoms with van der Waals surface area (Å²) in [4.78, 5) is 28.7. The SMILES string of the molecule is O=C(O)C(C(=O)O)c1cc(OC2CCC3(CC2)OCCO3)nc(C(F)(F)F)n1. The summed E-state index contributed by atoms with van der Waals surface area (Å²) in [5, 5.41) is 18.1. The lowest BCUT2D eigenvalue weighted by Gasteiger charge is -2.35. The maximum atomic E-state index is 13.1. The van der Waals surface area contributed by atoms with Gasteiger partial charge in [-0.1, -0.05) is 0 Å². The Hall–Kier alpha value is -2.47. The molecule has 2 aliphatic rings. The highest BCUT2D eigenvalue weighted by molar-refractivity contribution is 5.98. The molecule has 0 bridgehead atoms. The van der Waals surface area contributed by atoms with Gasteiger partial charge in [-0.05, 0) is 12.8 Å². The number of carboxylic acids is 2. The zero-order valence-electron chi connectivity index (χ0n) is 14.4. The number of ether oxygens (including phenoxy) is 3. The van der Waals surface area contributed by atoms with Crippen molar-refractivity contribution in [3.05, 3.63) is 17.6 Å². The topological polar surface area (TPSA) is 128 Å². The van der Waals surface area contributed by atoms with Crippen LogP contribution in [0, 0.1) is 0 Å². The molecule has 1 saturated carbocycles. The third-order valence-electron chi connectivity index (χ3n) is 4.56. The lowest BCUT2D eigenvalue weighted by molar-refractivity contribution is -0.186. The molecule has 2 N–H and O–H groups in total. The van der Waals surface area contributed by atoms with E-state index in [1.54, 1.807) is 0 Å². The summed E-state index contributed by atoms with van der Waals surface area (Å²) in [6, 6.07) is 0.815. The summed E-state index contributed by atoms with van der Waals surface area (Å²) in [5.74, 6) is -8.85. The van der Waals surface area contributed by atoms with Crippen molar-refractivity contribution in [2.24, 2.45) is 0 Å². The fourth-order valence-electron chi connectivity index (χ4n) is 3.24. The standard InChI is InChI=1S/C16H17F3N2O7/c17-16(18,19)14-20-9(11(12(22)23)13(24)25)7-10(21-14)28-8-1-3-15(4-2-8)26-5-6-27-15/h7-8,11H,1-6H2,(H,22,23)(H,24,25). The van der Waals surface area contributed by atoms with Crippen LogP contribution in [-0.2, 0) is 25.2 Å². The molecule has 2 fully saturated rings. The summed E-state index contributed by atoms with van der Waals surface area (Å²) in [5.41, 5.74) is -0.813. The Bertz CT molecular complexity index is 741. The average molecular weight is 406 g/mol. The largest absolute Gasteiger partial charge is 0.480 e. The van der Waals surface area contributed by atoms with E-state index < -0.39 is 53.3 Å². The predicted octanol–water partition coefficient (Wildman–Crippen LogP) is 1.81. The molecular weight excluding hydrogens is 389 g/mol. The Labute approximate surface area is 156 Å². The van der Waals surface area contributed by atoms with Crippen molar-refractivity contribution in [3.8, 4) is 5.88 Å². The summed E-state index contributed by atoms with van der Waals surface area (Å²) < 4.78 is 55.9. The summed E-state index contributed by atoms with van der Waals surface area (Å²) in [6.45, 7) is 0.947. The quantitative estimate of drug-likeness (QED) is 0.704. The number of hydrogen-bond acceptors (Lipinski definition) is 7. The molecule has 0 amide bonds. The van der Waals surface area contributed by atoms with E-state index in [1.165, 1.54) is 0 Å². The Morgan fingerprint density at radius 3 is 2.21 bits per heavy atom. The lowest BCUT2D eigenvalue weighted by atomic mass is 9.92. The van der Waals surface area contributed by atoms with E-state index in [9.17, 15) is 22.8 Å². The van der Waals surface area contributed by atoms with Gasteiger partial charge in [0.25, 0.3) is 0 Å². The van der Waals surface area contributed by atoms with Crippen molar-refractivity contribution in [2.45, 2.75) is 49.7 Å². The number of nitrogens with zero attached hydrogens (tertiary/aromatic N) is 2. The van der Waals surface area contributed by atoms with Crippen LogP contribution in [0.5, 0.6) is 5.88 Å². The van der Waals surface area contributed by atoms with Gasteiger partial charge < -0.3 is 24.4 Å². The van der Waals surface area contributed by atoms with Gasteiger partial charge in [-0.3, -0.25) is 9.59 Å². The predicted molar refractivity (Wildman–Crippen MR) is 82.6 cm³/mol. The minimum absolute atomic E-state index is 0.419. The minimum atomic E-state index is -5.00. The van der Waals surface area contributed by atoms with Gasteiger partial charge in [0, 0.05) is 18.9 Å². The molecule has 1 aromatic rings. The molecular formula is C16H17F3N2O7. The van der Waals surface area contributed by atoms with E-state index in [1.807, 2.05) is 0 Å². The fraction of sp³-hybridized carbons (Fsp3) is 0.625. The van der Waals surface area contributed by atoms with Crippen LogP contribution in [0.1, 0.15) is 43.1 Å². The second kappa shape index (κ2) is 7.51. The number of hydrogen-bond donors (Lipinski definition) is 2. The first kappa shape index (κ1) is 20.3. The second-order valence-electron chi connectivity index (χ2n) is 6.49. The van der Waals surface area contributed by atoms with Crippen molar-refractivity contribution in [3.63, 3.8) is 0 Å². The van der Waals surface area contributed by atoms with Crippen molar-refractivity contribution in [2.75, 3.05) is 13.2 Å². The lowest BCUT2D eigenvalue weighted by Crippen LogP contribution is -2.38. The molecule has 154 valence electrons. The van der Waals surface area contributed by atoms with Crippen LogP contribution in [0.3, 0.4) is 0 Å². The monoisotopic (exact) mass is 406 g/mol. The van der Waals surface area contributed by atoms with Gasteiger partial charge in [-0.25, -0.2) is 4.98 Å². The number of alkyl halides is 3. The summed E-state index contributed by atoms with van der Waals surface area (Å²) >= 11 is 0. The third-order valence-corrected chi connectivity index (χ3v) is 4.56. The number of aromatic nitrogens is 2. The maximum Gasteiger partial charge on any atom is 0.451 e. The number of carbonyl (C=O) groups is 2. The Morgan fingerprint density at radius 1 is 1.14 bits per heavy atom. The van der Waals surface area contributed by atoms with Gasteiger partial charge in [0.15, 0.2) is 11.7 Å². The van der Waals surface area contributed by atoms with Crippen molar-refractivity contribution in [1.82, 2.24) is 9.97 Å². The molecule has 0 aromatic carbocycles. The van der Waals surface area contributed by atoms with E-state index in [0.29, 0.717) is 38.9 Å². The zero-order chi connectivity index (χ0) is 20.5. The first-order valence-electron chi connectivity index (χ1n) is 8.46. The van der Waals surface area contributed by atoms with Crippen LogP contribution in [0.2, 0.25) is 0 Å². The first-order chi connectivity index (χ1) is 13.1. The first-order valence-corrected chi connectivity index (χ1v) is 8.46. The van der Waals surface area contributed by atoms with Gasteiger partial charge in [0.2, 0.25) is 11.7 Å². The third kappa shape index (κ3) is 4.33. The normalized spacial score (nSPS) is 19.9. The van der Waals surface area contributed by atoms with Gasteiger partial charge in [-0.15, -0.1) is 0 Å². The highest BCUT2D eigenvalue weighted by atomic mass is 19.4. The Kier molecular flexibility index (Phi) is 5.44. The minimum Gasteiger partial charge on any atom is -0.480 e. The van der Waals surface area contributed by atoms with E-state index in [2.05, 4.69) is 9.97 Å². The highest BCUT2D eigenvalue weighted by Crippen LogP contribution is 2.37. The second-order valence-corrected chi connectivity index (χ2v) is 6.49. The van der Waals surface area contributed by atoms with E-state index in [-0.39, 0.29) is 0 Å². The van der Waals surface area contributed by atoms with Crippen LogP contribution >= 0.6 is 0 Å². The van der Waals surface area contributed by atoms with Crippen LogP contribution in [0.25, 0.3) is 0 Å². The van der Waals surface area contributed by atoms with E-state index in [0.717, 1.165) is 6.07 Å². The molecule has 12 heteroatoms. The zero-order valence-corrected chi connectivity index (χ0v) is 14.4. The number of rotatable bonds is 5. The number of halogens is 3. The Balaban J connectivity index is 1.83. The Morgan fingerprint density at radius 2 is 1.71 bits per heavy atom. The van der Waals surface area contributed by atoms with Crippen LogP contribution in [0.4, 0.5) is 13.2 Å². The molecule has 1 spiro atoms. The molecule has 9 nitrogen and oxygen atoms in total. The molecule has 1 aliphatic heterocycles. The molecule has 1 saturated heterocycles. The van der Waals surface area contributed by atoms with Crippen molar-refractivity contribution < 1.29 is 47.2 Å². The number of carboxylic acid groups (broad SMARTS) is 2. The molecule has 3 rings (SSSR count). The van der Waals surface area contributed by atoms with Crippen LogP contribution < -0.4 is 4.74 Å². The molecule has 2 heterocycles. The van der Waals surface area contributed by atoms with Crippen molar-refractivity contribution >= 4 is 11.9 Å². The van der Waals surface area contributed by atoms with Gasteiger partial charge >= 0.3 is 18.1 Å². The van der Waals surface area contributed by atoms with E-state index in [4.69, 9.17) is 24.4 Å². The smallest absolute Gasteiger partial charge is 0.451 e. The fourth-order valence-corrected chi connectivity index (χ4v) is 3.24. The molecule has 0 radical (unpaired) electrons. The van der Waals surface area contributed by atoms with Crippen LogP contribution in [0.15, 0.2) is 6.07 Å². The maximum absolute atomic E-state index is 13.1. The summed E-state index contributed by atoms with van der Waals surface area (Å²) in [7, 11) is 0. The van der Waals surface area contributed by atoms with Gasteiger partial charge in [-0.2, -0.15) is 18.2 Å². The average Bonchev–Trinajstić information content (AvgIpc) is 3.04. The molecule has 1 aromatic heterocycles. The molecule has 0 atom stereocenters. The van der Waals surface area contributed by atoms with Crippen LogP contribution in [-0.4, -0.2) is 57.2 Å². The van der Waals surface area contributed by atoms with Gasteiger partial charge in [0.1, 0.15) is 6.10 Å². The van der Waals surface area contributed by atoms with Crippen molar-refractivity contribution in [1.29, 1.82) is 0 Å². The molecule has 1 aliphatic carbocycles. The molecule has 28 heavy (non-hydrogen) atoms. The number of aliphatic carboxylic acids is 2. The van der Waals surface area contributed by atoms with Gasteiger partial charge in [0.05, 0.1) is 18.9 Å². The summed E-state index contributed by atoms with van der Waals surface area (Å²) in [6.07, 6.45) is -3.71. The highest BCUT2D eigenvalue weighted by Gasteiger charge is 2.42. The molecule has 0 unspecified atom stereocenters.